The molecule has 0 spiro atoms. The van der Waals surface area contributed by atoms with Crippen LogP contribution >= 0.6 is 0 Å². The molecule has 0 aromatic heterocycles. The van der Waals surface area contributed by atoms with Crippen LogP contribution in [0.15, 0.2) is 18.2 Å². The molecule has 0 saturated heterocycles. The van der Waals surface area contributed by atoms with Gasteiger partial charge in [-0.25, -0.2) is 0 Å². The molecule has 0 bridgehead atoms. The highest BCUT2D eigenvalue weighted by Gasteiger charge is 2.37. The van der Waals surface area contributed by atoms with Crippen molar-refractivity contribution in [3.8, 4) is 5.75 Å². The summed E-state index contributed by atoms with van der Waals surface area (Å²) in [6, 6.07) is 6.34. The van der Waals surface area contributed by atoms with E-state index in [-0.39, 0.29) is 17.6 Å². The summed E-state index contributed by atoms with van der Waals surface area (Å²) in [5, 5.41) is 0. The van der Waals surface area contributed by atoms with Crippen molar-refractivity contribution in [2.45, 2.75) is 59.1 Å². The topological polar surface area (TPSA) is 35.2 Å². The molecule has 1 aromatic carbocycles. The molecule has 2 heteroatoms. The van der Waals surface area contributed by atoms with Crippen LogP contribution in [0, 0.1) is 19.3 Å². The van der Waals surface area contributed by atoms with E-state index < -0.39 is 0 Å². The monoisotopic (exact) mass is 247 g/mol. The highest BCUT2D eigenvalue weighted by Crippen LogP contribution is 2.36. The van der Waals surface area contributed by atoms with Crippen molar-refractivity contribution in [1.29, 1.82) is 0 Å². The average Bonchev–Trinajstić information content (AvgIpc) is 2.31. The number of benzene rings is 1. The summed E-state index contributed by atoms with van der Waals surface area (Å²) < 4.78 is 6.19. The van der Waals surface area contributed by atoms with E-state index in [2.05, 4.69) is 45.9 Å². The van der Waals surface area contributed by atoms with Gasteiger partial charge in [-0.15, -0.1) is 0 Å². The van der Waals surface area contributed by atoms with Gasteiger partial charge in [0.2, 0.25) is 0 Å². The van der Waals surface area contributed by atoms with Crippen LogP contribution in [0.5, 0.6) is 5.75 Å². The van der Waals surface area contributed by atoms with E-state index in [9.17, 15) is 0 Å². The van der Waals surface area contributed by atoms with Gasteiger partial charge in [0.15, 0.2) is 0 Å². The first-order chi connectivity index (χ1) is 8.42. The third kappa shape index (κ3) is 2.54. The molecule has 2 atom stereocenters. The molecule has 0 radical (unpaired) electrons. The minimum Gasteiger partial charge on any atom is -0.489 e. The van der Waals surface area contributed by atoms with Crippen molar-refractivity contribution in [1.82, 2.24) is 0 Å². The van der Waals surface area contributed by atoms with Crippen LogP contribution in [0.1, 0.15) is 44.2 Å². The molecule has 1 aliphatic carbocycles. The lowest BCUT2D eigenvalue weighted by molar-refractivity contribution is 0.0562. The Morgan fingerprint density at radius 1 is 1.28 bits per heavy atom. The predicted molar refractivity (Wildman–Crippen MR) is 75.9 cm³/mol. The van der Waals surface area contributed by atoms with Crippen LogP contribution in [0.3, 0.4) is 0 Å². The van der Waals surface area contributed by atoms with E-state index in [1.807, 2.05) is 0 Å². The van der Waals surface area contributed by atoms with Crippen molar-refractivity contribution in [3.05, 3.63) is 29.3 Å². The second-order valence-corrected chi connectivity index (χ2v) is 6.26. The fourth-order valence-corrected chi connectivity index (χ4v) is 2.76. The van der Waals surface area contributed by atoms with E-state index in [0.717, 1.165) is 12.2 Å². The summed E-state index contributed by atoms with van der Waals surface area (Å²) in [4.78, 5) is 0. The second-order valence-electron chi connectivity index (χ2n) is 6.26. The molecule has 2 unspecified atom stereocenters. The lowest BCUT2D eigenvalue weighted by Crippen LogP contribution is -2.52. The van der Waals surface area contributed by atoms with Gasteiger partial charge in [0.05, 0.1) is 0 Å². The second kappa shape index (κ2) is 4.93. The Bertz CT molecular complexity index is 425. The summed E-state index contributed by atoms with van der Waals surface area (Å²) in [6.45, 7) is 8.73. The lowest BCUT2D eigenvalue weighted by atomic mass is 9.72. The van der Waals surface area contributed by atoms with Crippen LogP contribution in [0.25, 0.3) is 0 Å². The highest BCUT2D eigenvalue weighted by molar-refractivity contribution is 5.38. The summed E-state index contributed by atoms with van der Waals surface area (Å²) >= 11 is 0. The maximum absolute atomic E-state index is 6.37. The van der Waals surface area contributed by atoms with Crippen LogP contribution in [0.4, 0.5) is 0 Å². The molecule has 2 N–H and O–H groups in total. The normalized spacial score (nSPS) is 26.9. The molecule has 18 heavy (non-hydrogen) atoms. The van der Waals surface area contributed by atoms with E-state index >= 15 is 0 Å². The molecular weight excluding hydrogens is 222 g/mol. The molecule has 2 rings (SSSR count). The fraction of sp³-hybridized carbons (Fsp3) is 0.625. The van der Waals surface area contributed by atoms with E-state index in [1.165, 1.54) is 24.0 Å². The molecule has 1 aliphatic rings. The van der Waals surface area contributed by atoms with Gasteiger partial charge in [0.25, 0.3) is 0 Å². The summed E-state index contributed by atoms with van der Waals surface area (Å²) in [7, 11) is 0. The van der Waals surface area contributed by atoms with Gasteiger partial charge in [-0.1, -0.05) is 26.0 Å². The SMILES string of the molecule is Cc1cccc(OC2CCCC(C)(C)C2N)c1C. The number of hydrogen-bond donors (Lipinski definition) is 1. The third-order valence-corrected chi connectivity index (χ3v) is 4.45. The number of nitrogens with two attached hydrogens (primary N) is 1. The first-order valence-corrected chi connectivity index (χ1v) is 6.90. The molecule has 100 valence electrons. The van der Waals surface area contributed by atoms with E-state index in [1.54, 1.807) is 0 Å². The van der Waals surface area contributed by atoms with Crippen molar-refractivity contribution in [3.63, 3.8) is 0 Å². The Morgan fingerprint density at radius 3 is 2.72 bits per heavy atom. The zero-order valence-electron chi connectivity index (χ0n) is 12.0. The Balaban J connectivity index is 2.16. The van der Waals surface area contributed by atoms with Gasteiger partial charge in [-0.05, 0) is 55.7 Å². The van der Waals surface area contributed by atoms with Gasteiger partial charge in [0, 0.05) is 6.04 Å². The third-order valence-electron chi connectivity index (χ3n) is 4.45. The lowest BCUT2D eigenvalue weighted by Gasteiger charge is -2.41. The molecule has 0 heterocycles. The van der Waals surface area contributed by atoms with Crippen LogP contribution < -0.4 is 10.5 Å². The Hall–Kier alpha value is -1.02. The summed E-state index contributed by atoms with van der Waals surface area (Å²) in [5.74, 6) is 0.994. The molecule has 1 fully saturated rings. The van der Waals surface area contributed by atoms with E-state index in [0.29, 0.717) is 0 Å². The van der Waals surface area contributed by atoms with Gasteiger partial charge in [-0.3, -0.25) is 0 Å². The van der Waals surface area contributed by atoms with E-state index in [4.69, 9.17) is 10.5 Å². The van der Waals surface area contributed by atoms with Crippen molar-refractivity contribution >= 4 is 0 Å². The standard InChI is InChI=1S/C16H25NO/c1-11-7-5-8-13(12(11)2)18-14-9-6-10-16(3,4)15(14)17/h5,7-8,14-15H,6,9-10,17H2,1-4H3. The first kappa shape index (κ1) is 13.4. The number of hydrogen-bond acceptors (Lipinski definition) is 2. The van der Waals surface area contributed by atoms with Crippen molar-refractivity contribution < 1.29 is 4.74 Å². The highest BCUT2D eigenvalue weighted by atomic mass is 16.5. The first-order valence-electron chi connectivity index (χ1n) is 6.90. The van der Waals surface area contributed by atoms with Crippen molar-refractivity contribution in [2.24, 2.45) is 11.1 Å². The summed E-state index contributed by atoms with van der Waals surface area (Å²) in [5.41, 5.74) is 9.05. The van der Waals surface area contributed by atoms with Crippen LogP contribution in [0.2, 0.25) is 0 Å². The Labute approximate surface area is 111 Å². The van der Waals surface area contributed by atoms with Crippen molar-refractivity contribution in [2.75, 3.05) is 0 Å². The number of rotatable bonds is 2. The van der Waals surface area contributed by atoms with Gasteiger partial charge in [-0.2, -0.15) is 0 Å². The van der Waals surface area contributed by atoms with Gasteiger partial charge in [0.1, 0.15) is 11.9 Å². The molecule has 1 saturated carbocycles. The van der Waals surface area contributed by atoms with Crippen LogP contribution in [-0.4, -0.2) is 12.1 Å². The number of aryl methyl sites for hydroxylation is 1. The Kier molecular flexibility index (Phi) is 3.67. The molecule has 0 amide bonds. The summed E-state index contributed by atoms with van der Waals surface area (Å²) in [6.07, 6.45) is 3.61. The van der Waals surface area contributed by atoms with Gasteiger partial charge >= 0.3 is 0 Å². The maximum Gasteiger partial charge on any atom is 0.122 e. The number of ether oxygens (including phenoxy) is 1. The minimum absolute atomic E-state index is 0.117. The molecule has 0 aliphatic heterocycles. The molecule has 1 aromatic rings. The largest absolute Gasteiger partial charge is 0.489 e. The minimum atomic E-state index is 0.117. The van der Waals surface area contributed by atoms with Gasteiger partial charge < -0.3 is 10.5 Å². The Morgan fingerprint density at radius 2 is 2.00 bits per heavy atom. The van der Waals surface area contributed by atoms with Crippen LogP contribution in [-0.2, 0) is 0 Å². The quantitative estimate of drug-likeness (QED) is 0.867. The smallest absolute Gasteiger partial charge is 0.122 e. The zero-order chi connectivity index (χ0) is 13.3. The maximum atomic E-state index is 6.37. The fourth-order valence-electron chi connectivity index (χ4n) is 2.76. The zero-order valence-corrected chi connectivity index (χ0v) is 12.0. The average molecular weight is 247 g/mol. The molecule has 2 nitrogen and oxygen atoms in total. The predicted octanol–water partition coefficient (Wildman–Crippen LogP) is 3.59. The molecular formula is C16H25NO.